The molecule has 0 radical (unpaired) electrons. The van der Waals surface area contributed by atoms with Crippen LogP contribution in [0.15, 0.2) is 34.8 Å². The van der Waals surface area contributed by atoms with Gasteiger partial charge < -0.3 is 4.79 Å². The molecule has 1 nitrogen and oxygen atoms in total. The smallest absolute Gasteiger partial charge is 0.124 e. The molecule has 0 bridgehead atoms. The van der Waals surface area contributed by atoms with Crippen molar-refractivity contribution in [2.45, 2.75) is 27.2 Å². The van der Waals surface area contributed by atoms with E-state index in [2.05, 4.69) is 19.9 Å². The van der Waals surface area contributed by atoms with E-state index in [0.717, 1.165) is 17.6 Å². The molecule has 0 aromatic carbocycles. The van der Waals surface area contributed by atoms with Crippen molar-refractivity contribution >= 4 is 18.0 Å². The second-order valence-corrected chi connectivity index (χ2v) is 4.33. The van der Waals surface area contributed by atoms with Crippen molar-refractivity contribution in [2.24, 2.45) is 0 Å². The van der Waals surface area contributed by atoms with Gasteiger partial charge in [0.25, 0.3) is 0 Å². The maximum Gasteiger partial charge on any atom is 0.124 e. The minimum atomic E-state index is 0.491. The zero-order valence-corrected chi connectivity index (χ0v) is 9.93. The number of aldehydes is 1. The van der Waals surface area contributed by atoms with Crippen LogP contribution in [0.4, 0.5) is 0 Å². The van der Waals surface area contributed by atoms with E-state index in [1.54, 1.807) is 0 Å². The van der Waals surface area contributed by atoms with Gasteiger partial charge >= 0.3 is 0 Å². The fourth-order valence-electron chi connectivity index (χ4n) is 1.00. The largest absolute Gasteiger partial charge is 0.303 e. The standard InChI is InChI=1S/C12H18OS/c1-4-6-12(9-10-13)8-7-11(3)14-5-2/h4,6-8,10H,5,9H2,1-3H3/b6-4-,11-7+,12-8+. The monoisotopic (exact) mass is 210 g/mol. The zero-order valence-electron chi connectivity index (χ0n) is 9.12. The third-order valence-electron chi connectivity index (χ3n) is 1.60. The SMILES string of the molecule is C\C=C/C(=C\C=C(/C)SCC)CC=O. The second-order valence-electron chi connectivity index (χ2n) is 2.82. The average molecular weight is 210 g/mol. The molecule has 0 aliphatic carbocycles. The fourth-order valence-corrected chi connectivity index (χ4v) is 1.62. The summed E-state index contributed by atoms with van der Waals surface area (Å²) in [5, 5.41) is 0. The molecule has 0 amide bonds. The van der Waals surface area contributed by atoms with E-state index in [9.17, 15) is 4.79 Å². The Balaban J connectivity index is 4.40. The maximum atomic E-state index is 10.4. The molecule has 0 aromatic rings. The lowest BCUT2D eigenvalue weighted by molar-refractivity contribution is -0.107. The summed E-state index contributed by atoms with van der Waals surface area (Å²) in [5.74, 6) is 1.09. The Kier molecular flexibility index (Phi) is 8.34. The van der Waals surface area contributed by atoms with Gasteiger partial charge in [0, 0.05) is 6.42 Å². The highest BCUT2D eigenvalue weighted by atomic mass is 32.2. The molecule has 0 fully saturated rings. The average Bonchev–Trinajstić information content (AvgIpc) is 2.15. The van der Waals surface area contributed by atoms with E-state index >= 15 is 0 Å². The second kappa shape index (κ2) is 8.82. The summed E-state index contributed by atoms with van der Waals surface area (Å²) in [4.78, 5) is 11.6. The fraction of sp³-hybridized carbons (Fsp3) is 0.417. The number of carbonyl (C=O) groups excluding carboxylic acids is 1. The topological polar surface area (TPSA) is 17.1 Å². The van der Waals surface area contributed by atoms with Crippen LogP contribution in [0.3, 0.4) is 0 Å². The van der Waals surface area contributed by atoms with Crippen molar-refractivity contribution in [2.75, 3.05) is 5.75 Å². The van der Waals surface area contributed by atoms with Gasteiger partial charge in [0.1, 0.15) is 6.29 Å². The molecule has 14 heavy (non-hydrogen) atoms. The minimum absolute atomic E-state index is 0.491. The Morgan fingerprint density at radius 1 is 1.36 bits per heavy atom. The summed E-state index contributed by atoms with van der Waals surface area (Å²) in [6.07, 6.45) is 9.41. The van der Waals surface area contributed by atoms with E-state index in [0.29, 0.717) is 6.42 Å². The van der Waals surface area contributed by atoms with Crippen LogP contribution in [0.5, 0.6) is 0 Å². The summed E-state index contributed by atoms with van der Waals surface area (Å²) in [5.41, 5.74) is 1.05. The first-order chi connectivity index (χ1) is 6.74. The van der Waals surface area contributed by atoms with Gasteiger partial charge in [-0.05, 0) is 30.1 Å². The van der Waals surface area contributed by atoms with Crippen LogP contribution in [0.2, 0.25) is 0 Å². The number of hydrogen-bond acceptors (Lipinski definition) is 2. The van der Waals surface area contributed by atoms with Gasteiger partial charge in [0.2, 0.25) is 0 Å². The lowest BCUT2D eigenvalue weighted by Crippen LogP contribution is -1.79. The predicted molar refractivity (Wildman–Crippen MR) is 65.5 cm³/mol. The highest BCUT2D eigenvalue weighted by Crippen LogP contribution is 2.14. The summed E-state index contributed by atoms with van der Waals surface area (Å²) >= 11 is 1.81. The predicted octanol–water partition coefficient (Wildman–Crippen LogP) is 3.73. The quantitative estimate of drug-likeness (QED) is 0.491. The highest BCUT2D eigenvalue weighted by molar-refractivity contribution is 8.03. The van der Waals surface area contributed by atoms with E-state index in [-0.39, 0.29) is 0 Å². The highest BCUT2D eigenvalue weighted by Gasteiger charge is 1.89. The minimum Gasteiger partial charge on any atom is -0.303 e. The van der Waals surface area contributed by atoms with Crippen molar-refractivity contribution in [3.8, 4) is 0 Å². The normalized spacial score (nSPS) is 13.6. The van der Waals surface area contributed by atoms with E-state index in [1.807, 2.05) is 36.9 Å². The van der Waals surface area contributed by atoms with Crippen LogP contribution in [-0.4, -0.2) is 12.0 Å². The van der Waals surface area contributed by atoms with E-state index in [4.69, 9.17) is 0 Å². The molecule has 0 heterocycles. The Morgan fingerprint density at radius 2 is 2.07 bits per heavy atom. The Hall–Kier alpha value is -0.760. The molecule has 0 unspecified atom stereocenters. The van der Waals surface area contributed by atoms with Crippen LogP contribution in [-0.2, 0) is 4.79 Å². The molecule has 78 valence electrons. The van der Waals surface area contributed by atoms with Crippen LogP contribution in [0, 0.1) is 0 Å². The Bertz CT molecular complexity index is 249. The van der Waals surface area contributed by atoms with Gasteiger partial charge in [-0.2, -0.15) is 0 Å². The molecule has 0 aliphatic heterocycles. The number of rotatable bonds is 6. The van der Waals surface area contributed by atoms with Crippen molar-refractivity contribution in [1.82, 2.24) is 0 Å². The van der Waals surface area contributed by atoms with Crippen molar-refractivity contribution < 1.29 is 4.79 Å². The van der Waals surface area contributed by atoms with Crippen LogP contribution >= 0.6 is 11.8 Å². The van der Waals surface area contributed by atoms with Gasteiger partial charge in [-0.15, -0.1) is 11.8 Å². The molecular formula is C12H18OS. The van der Waals surface area contributed by atoms with E-state index < -0.39 is 0 Å². The number of allylic oxidation sites excluding steroid dienone is 6. The third kappa shape index (κ3) is 6.72. The number of carbonyl (C=O) groups is 1. The van der Waals surface area contributed by atoms with Gasteiger partial charge in [-0.3, -0.25) is 0 Å². The molecule has 0 atom stereocenters. The summed E-state index contributed by atoms with van der Waals surface area (Å²) in [6.45, 7) is 6.17. The first kappa shape index (κ1) is 13.2. The first-order valence-electron chi connectivity index (χ1n) is 4.81. The molecule has 0 rings (SSSR count). The van der Waals surface area contributed by atoms with Gasteiger partial charge in [-0.1, -0.05) is 31.2 Å². The van der Waals surface area contributed by atoms with Crippen LogP contribution in [0.1, 0.15) is 27.2 Å². The zero-order chi connectivity index (χ0) is 10.8. The van der Waals surface area contributed by atoms with Crippen molar-refractivity contribution in [3.63, 3.8) is 0 Å². The Morgan fingerprint density at radius 3 is 2.57 bits per heavy atom. The molecule has 0 N–H and O–H groups in total. The van der Waals surface area contributed by atoms with Crippen molar-refractivity contribution in [1.29, 1.82) is 0 Å². The molecule has 0 saturated heterocycles. The molecule has 0 aliphatic rings. The number of hydrogen-bond donors (Lipinski definition) is 0. The molecule has 0 saturated carbocycles. The first-order valence-corrected chi connectivity index (χ1v) is 5.79. The van der Waals surface area contributed by atoms with E-state index in [1.165, 1.54) is 4.91 Å². The maximum absolute atomic E-state index is 10.4. The van der Waals surface area contributed by atoms with Gasteiger partial charge in [0.05, 0.1) is 0 Å². The molecule has 0 spiro atoms. The molecular weight excluding hydrogens is 192 g/mol. The third-order valence-corrected chi connectivity index (χ3v) is 2.48. The Labute approximate surface area is 91.0 Å². The summed E-state index contributed by atoms with van der Waals surface area (Å²) in [7, 11) is 0. The van der Waals surface area contributed by atoms with Gasteiger partial charge in [0.15, 0.2) is 0 Å². The summed E-state index contributed by atoms with van der Waals surface area (Å²) < 4.78 is 0. The van der Waals surface area contributed by atoms with Crippen LogP contribution < -0.4 is 0 Å². The van der Waals surface area contributed by atoms with Gasteiger partial charge in [-0.25, -0.2) is 0 Å². The molecule has 2 heteroatoms. The number of thioether (sulfide) groups is 1. The lowest BCUT2D eigenvalue weighted by Gasteiger charge is -1.96. The molecule has 0 aromatic heterocycles. The van der Waals surface area contributed by atoms with Crippen molar-refractivity contribution in [3.05, 3.63) is 34.8 Å². The van der Waals surface area contributed by atoms with Crippen LogP contribution in [0.25, 0.3) is 0 Å². The summed E-state index contributed by atoms with van der Waals surface area (Å²) in [6, 6.07) is 0. The lowest BCUT2D eigenvalue weighted by atomic mass is 10.1.